The maximum absolute atomic E-state index is 5.46. The molecule has 4 nitrogen and oxygen atoms in total. The molecule has 86 valence electrons. The minimum absolute atomic E-state index is 0.735. The van der Waals surface area contributed by atoms with Crippen LogP contribution in [0.4, 0.5) is 0 Å². The molecule has 4 heteroatoms. The fourth-order valence-electron chi connectivity index (χ4n) is 1.82. The van der Waals surface area contributed by atoms with Crippen molar-refractivity contribution < 1.29 is 4.42 Å². The lowest BCUT2D eigenvalue weighted by atomic mass is 10.1. The highest BCUT2D eigenvalue weighted by Crippen LogP contribution is 2.27. The molecule has 0 fully saturated rings. The van der Waals surface area contributed by atoms with E-state index in [9.17, 15) is 0 Å². The summed E-state index contributed by atoms with van der Waals surface area (Å²) in [4.78, 5) is 0. The van der Waals surface area contributed by atoms with Crippen molar-refractivity contribution in [3.05, 3.63) is 30.0 Å². The highest BCUT2D eigenvalue weighted by Gasteiger charge is 2.13. The van der Waals surface area contributed by atoms with Gasteiger partial charge in [0, 0.05) is 23.9 Å². The predicted octanol–water partition coefficient (Wildman–Crippen LogP) is 2.19. The summed E-state index contributed by atoms with van der Waals surface area (Å²) in [6.45, 7) is 5.73. The zero-order chi connectivity index (χ0) is 11.5. The van der Waals surface area contributed by atoms with Crippen LogP contribution < -0.4 is 5.32 Å². The number of hydrogen-bond acceptors (Lipinski definition) is 3. The molecule has 2 aromatic rings. The minimum atomic E-state index is 0.735. The van der Waals surface area contributed by atoms with Crippen LogP contribution in [-0.4, -0.2) is 16.8 Å². The van der Waals surface area contributed by atoms with Crippen LogP contribution in [0.3, 0.4) is 0 Å². The average Bonchev–Trinajstić information content (AvgIpc) is 2.85. The van der Waals surface area contributed by atoms with Crippen LogP contribution in [0.25, 0.3) is 11.1 Å². The zero-order valence-corrected chi connectivity index (χ0v) is 9.95. The third-order valence-corrected chi connectivity index (χ3v) is 2.64. The second kappa shape index (κ2) is 4.53. The van der Waals surface area contributed by atoms with Gasteiger partial charge in [-0.05, 0) is 27.0 Å². The van der Waals surface area contributed by atoms with Crippen molar-refractivity contribution in [3.8, 4) is 11.1 Å². The Balaban J connectivity index is 2.41. The Morgan fingerprint density at radius 3 is 2.88 bits per heavy atom. The monoisotopic (exact) mass is 219 g/mol. The molecule has 2 rings (SSSR count). The van der Waals surface area contributed by atoms with Gasteiger partial charge in [-0.1, -0.05) is 0 Å². The third-order valence-electron chi connectivity index (χ3n) is 2.64. The SMILES string of the molecule is CCn1cc(-c2ccoc2CNC)c(C)n1. The lowest BCUT2D eigenvalue weighted by Gasteiger charge is -1.99. The Labute approximate surface area is 95.3 Å². The molecule has 0 aromatic carbocycles. The highest BCUT2D eigenvalue weighted by atomic mass is 16.3. The van der Waals surface area contributed by atoms with E-state index in [0.29, 0.717) is 0 Å². The standard InChI is InChI=1S/C12H17N3O/c1-4-15-8-11(9(2)14-15)10-5-6-16-12(10)7-13-3/h5-6,8,13H,4,7H2,1-3H3. The molecule has 0 bridgehead atoms. The summed E-state index contributed by atoms with van der Waals surface area (Å²) in [7, 11) is 1.91. The maximum Gasteiger partial charge on any atom is 0.125 e. The quantitative estimate of drug-likeness (QED) is 0.857. The van der Waals surface area contributed by atoms with E-state index < -0.39 is 0 Å². The summed E-state index contributed by atoms with van der Waals surface area (Å²) in [5.74, 6) is 0.959. The van der Waals surface area contributed by atoms with Crippen LogP contribution in [0, 0.1) is 6.92 Å². The van der Waals surface area contributed by atoms with Crippen molar-refractivity contribution in [1.29, 1.82) is 0 Å². The van der Waals surface area contributed by atoms with Gasteiger partial charge in [-0.2, -0.15) is 5.10 Å². The lowest BCUT2D eigenvalue weighted by molar-refractivity contribution is 0.496. The van der Waals surface area contributed by atoms with Crippen LogP contribution in [-0.2, 0) is 13.1 Å². The second-order valence-electron chi connectivity index (χ2n) is 3.77. The molecule has 0 aliphatic heterocycles. The van der Waals surface area contributed by atoms with Crippen LogP contribution in [0.2, 0.25) is 0 Å². The number of hydrogen-bond donors (Lipinski definition) is 1. The minimum Gasteiger partial charge on any atom is -0.467 e. The van der Waals surface area contributed by atoms with Gasteiger partial charge in [-0.25, -0.2) is 0 Å². The Morgan fingerprint density at radius 1 is 1.44 bits per heavy atom. The number of aromatic nitrogens is 2. The first-order valence-electron chi connectivity index (χ1n) is 5.51. The van der Waals surface area contributed by atoms with Gasteiger partial charge in [0.15, 0.2) is 0 Å². The largest absolute Gasteiger partial charge is 0.467 e. The number of furan rings is 1. The molecule has 0 aliphatic carbocycles. The lowest BCUT2D eigenvalue weighted by Crippen LogP contribution is -2.04. The van der Waals surface area contributed by atoms with Gasteiger partial charge in [0.25, 0.3) is 0 Å². The number of nitrogens with one attached hydrogen (secondary N) is 1. The number of nitrogens with zero attached hydrogens (tertiary/aromatic N) is 2. The molecule has 0 atom stereocenters. The normalized spacial score (nSPS) is 10.9. The van der Waals surface area contributed by atoms with E-state index in [1.54, 1.807) is 6.26 Å². The van der Waals surface area contributed by atoms with Gasteiger partial charge in [0.1, 0.15) is 5.76 Å². The fourth-order valence-corrected chi connectivity index (χ4v) is 1.82. The highest BCUT2D eigenvalue weighted by molar-refractivity contribution is 5.66. The summed E-state index contributed by atoms with van der Waals surface area (Å²) in [6.07, 6.45) is 3.80. The Kier molecular flexibility index (Phi) is 3.10. The molecular formula is C12H17N3O. The van der Waals surface area contributed by atoms with E-state index >= 15 is 0 Å². The molecule has 2 aromatic heterocycles. The van der Waals surface area contributed by atoms with Gasteiger partial charge in [-0.15, -0.1) is 0 Å². The number of rotatable bonds is 4. The van der Waals surface area contributed by atoms with Gasteiger partial charge in [0.05, 0.1) is 18.5 Å². The topological polar surface area (TPSA) is 43.0 Å². The van der Waals surface area contributed by atoms with Gasteiger partial charge < -0.3 is 9.73 Å². The first kappa shape index (κ1) is 11.0. The molecule has 0 spiro atoms. The summed E-state index contributed by atoms with van der Waals surface area (Å²) in [5.41, 5.74) is 3.33. The molecule has 16 heavy (non-hydrogen) atoms. The summed E-state index contributed by atoms with van der Waals surface area (Å²) in [6, 6.07) is 2.00. The molecule has 0 unspecified atom stereocenters. The fraction of sp³-hybridized carbons (Fsp3) is 0.417. The smallest absolute Gasteiger partial charge is 0.125 e. The molecular weight excluding hydrogens is 202 g/mol. The van der Waals surface area contributed by atoms with Crippen LogP contribution in [0.5, 0.6) is 0 Å². The van der Waals surface area contributed by atoms with Crippen LogP contribution >= 0.6 is 0 Å². The van der Waals surface area contributed by atoms with E-state index in [0.717, 1.165) is 35.7 Å². The van der Waals surface area contributed by atoms with Crippen molar-refractivity contribution in [2.75, 3.05) is 7.05 Å². The van der Waals surface area contributed by atoms with Crippen molar-refractivity contribution in [1.82, 2.24) is 15.1 Å². The first-order valence-corrected chi connectivity index (χ1v) is 5.51. The Hall–Kier alpha value is -1.55. The second-order valence-corrected chi connectivity index (χ2v) is 3.77. The molecule has 0 saturated carbocycles. The predicted molar refractivity (Wildman–Crippen MR) is 63.1 cm³/mol. The molecule has 2 heterocycles. The zero-order valence-electron chi connectivity index (χ0n) is 9.95. The van der Waals surface area contributed by atoms with Gasteiger partial charge in [-0.3, -0.25) is 4.68 Å². The van der Waals surface area contributed by atoms with Crippen molar-refractivity contribution in [2.24, 2.45) is 0 Å². The molecule has 0 saturated heterocycles. The van der Waals surface area contributed by atoms with Gasteiger partial charge >= 0.3 is 0 Å². The van der Waals surface area contributed by atoms with Crippen molar-refractivity contribution in [3.63, 3.8) is 0 Å². The maximum atomic E-state index is 5.46. The summed E-state index contributed by atoms with van der Waals surface area (Å²) in [5, 5.41) is 7.54. The van der Waals surface area contributed by atoms with E-state index in [1.165, 1.54) is 0 Å². The number of aryl methyl sites for hydroxylation is 2. The van der Waals surface area contributed by atoms with Gasteiger partial charge in [0.2, 0.25) is 0 Å². The van der Waals surface area contributed by atoms with Crippen LogP contribution in [0.1, 0.15) is 18.4 Å². The molecule has 0 aliphatic rings. The van der Waals surface area contributed by atoms with Crippen LogP contribution in [0.15, 0.2) is 22.9 Å². The Morgan fingerprint density at radius 2 is 2.25 bits per heavy atom. The Bertz CT molecular complexity index is 470. The third kappa shape index (κ3) is 1.88. The molecule has 1 N–H and O–H groups in total. The summed E-state index contributed by atoms with van der Waals surface area (Å²) >= 11 is 0. The summed E-state index contributed by atoms with van der Waals surface area (Å²) < 4.78 is 7.40. The van der Waals surface area contributed by atoms with E-state index in [2.05, 4.69) is 23.5 Å². The van der Waals surface area contributed by atoms with E-state index in [-0.39, 0.29) is 0 Å². The van der Waals surface area contributed by atoms with E-state index in [4.69, 9.17) is 4.42 Å². The van der Waals surface area contributed by atoms with E-state index in [1.807, 2.05) is 24.7 Å². The molecule has 0 radical (unpaired) electrons. The van der Waals surface area contributed by atoms with Crippen molar-refractivity contribution >= 4 is 0 Å². The molecule has 0 amide bonds. The average molecular weight is 219 g/mol. The van der Waals surface area contributed by atoms with Crippen molar-refractivity contribution in [2.45, 2.75) is 26.9 Å². The first-order chi connectivity index (χ1) is 7.76.